The van der Waals surface area contributed by atoms with E-state index < -0.39 is 12.1 Å². The van der Waals surface area contributed by atoms with Crippen LogP contribution < -0.4 is 30.3 Å². The van der Waals surface area contributed by atoms with Crippen LogP contribution in [-0.2, 0) is 23.1 Å². The van der Waals surface area contributed by atoms with Crippen molar-refractivity contribution < 1.29 is 23.8 Å². The van der Waals surface area contributed by atoms with Gasteiger partial charge in [0, 0.05) is 26.1 Å². The number of hydrogen-bond acceptors (Lipinski definition) is 9. The molecule has 1 fully saturated rings. The minimum atomic E-state index is -0.634. The summed E-state index contributed by atoms with van der Waals surface area (Å²) in [6.45, 7) is 2.09. The standard InChI is InChI=1S/C38H45N5O6S/c1-22(44)39-26-15-13-23-20-33(47-3)35(48-4)36(49-5)34(23)24-14-16-28(32(45)21-25(24)26)40-29(17-19-50-6)38(46)43-18-9-12-31(43)37-41-27-10-7-8-11-30(27)42(37)2/h7-8,10-11,14,16,20-21,26,29,31H,9,12-13,15,17-19H2,1-6H3,(H,39,44)(H,40,45)/t26-,29-,31-/m0/s1. The van der Waals surface area contributed by atoms with Gasteiger partial charge in [0.2, 0.25) is 23.0 Å². The number of aryl methyl sites for hydroxylation is 2. The van der Waals surface area contributed by atoms with Crippen LogP contribution in [0.2, 0.25) is 0 Å². The molecule has 3 aromatic carbocycles. The number of thioether (sulfide) groups is 1. The van der Waals surface area contributed by atoms with E-state index in [1.807, 2.05) is 54.6 Å². The minimum Gasteiger partial charge on any atom is -0.493 e. The third-order valence-corrected chi connectivity index (χ3v) is 10.5. The molecule has 0 spiro atoms. The second-order valence-corrected chi connectivity index (χ2v) is 13.8. The van der Waals surface area contributed by atoms with Crippen molar-refractivity contribution in [2.75, 3.05) is 45.2 Å². The van der Waals surface area contributed by atoms with Crippen molar-refractivity contribution in [2.24, 2.45) is 7.05 Å². The second-order valence-electron chi connectivity index (χ2n) is 12.8. The number of para-hydroxylation sites is 2. The number of amides is 2. The van der Waals surface area contributed by atoms with E-state index in [2.05, 4.69) is 15.2 Å². The lowest BCUT2D eigenvalue weighted by molar-refractivity contribution is -0.133. The number of aromatic nitrogens is 2. The maximum absolute atomic E-state index is 14.4. The van der Waals surface area contributed by atoms with Gasteiger partial charge in [-0.25, -0.2) is 4.98 Å². The van der Waals surface area contributed by atoms with Crippen LogP contribution >= 0.6 is 11.8 Å². The lowest BCUT2D eigenvalue weighted by Crippen LogP contribution is -2.44. The summed E-state index contributed by atoms with van der Waals surface area (Å²) in [6, 6.07) is 13.9. The summed E-state index contributed by atoms with van der Waals surface area (Å²) in [7, 11) is 6.71. The van der Waals surface area contributed by atoms with E-state index in [-0.39, 0.29) is 23.3 Å². The molecule has 1 saturated heterocycles. The molecule has 0 saturated carbocycles. The number of methoxy groups -OCH3 is 3. The van der Waals surface area contributed by atoms with Gasteiger partial charge in [0.15, 0.2) is 11.5 Å². The molecule has 0 unspecified atom stereocenters. The molecule has 1 aliphatic carbocycles. The Balaban J connectivity index is 1.41. The monoisotopic (exact) mass is 699 g/mol. The van der Waals surface area contributed by atoms with Crippen LogP contribution in [0, 0.1) is 0 Å². The molecule has 2 heterocycles. The highest BCUT2D eigenvalue weighted by atomic mass is 32.2. The minimum absolute atomic E-state index is 0.0546. The van der Waals surface area contributed by atoms with Crippen molar-refractivity contribution in [2.45, 2.75) is 57.2 Å². The Bertz CT molecular complexity index is 1980. The molecule has 4 aromatic rings. The quantitative estimate of drug-likeness (QED) is 0.205. The van der Waals surface area contributed by atoms with Crippen LogP contribution in [0.25, 0.3) is 22.2 Å². The molecular weight excluding hydrogens is 655 g/mol. The molecule has 6 rings (SSSR count). The number of carbonyl (C=O) groups excluding carboxylic acids is 2. The van der Waals surface area contributed by atoms with Gasteiger partial charge in [0.05, 0.1) is 50.1 Å². The molecule has 0 bridgehead atoms. The fourth-order valence-corrected chi connectivity index (χ4v) is 7.94. The number of hydrogen-bond donors (Lipinski definition) is 2. The Labute approximate surface area is 296 Å². The molecule has 2 aliphatic rings. The van der Waals surface area contributed by atoms with Crippen LogP contribution in [0.4, 0.5) is 5.69 Å². The summed E-state index contributed by atoms with van der Waals surface area (Å²) in [5, 5.41) is 6.43. The summed E-state index contributed by atoms with van der Waals surface area (Å²) in [4.78, 5) is 47.8. The molecule has 0 radical (unpaired) electrons. The molecule has 2 amide bonds. The Morgan fingerprint density at radius 3 is 2.52 bits per heavy atom. The Hall–Kier alpha value is -4.71. The molecule has 1 aromatic heterocycles. The van der Waals surface area contributed by atoms with E-state index in [0.29, 0.717) is 54.3 Å². The lowest BCUT2D eigenvalue weighted by atomic mass is 9.95. The summed E-state index contributed by atoms with van der Waals surface area (Å²) < 4.78 is 19.4. The summed E-state index contributed by atoms with van der Waals surface area (Å²) in [5.74, 6) is 2.79. The predicted molar refractivity (Wildman–Crippen MR) is 197 cm³/mol. The normalized spacial score (nSPS) is 17.4. The highest BCUT2D eigenvalue weighted by molar-refractivity contribution is 7.98. The molecular formula is C38H45N5O6S. The van der Waals surface area contributed by atoms with Gasteiger partial charge >= 0.3 is 0 Å². The van der Waals surface area contributed by atoms with Crippen molar-refractivity contribution in [3.05, 3.63) is 75.7 Å². The van der Waals surface area contributed by atoms with E-state index in [4.69, 9.17) is 19.2 Å². The Morgan fingerprint density at radius 2 is 1.82 bits per heavy atom. The van der Waals surface area contributed by atoms with Crippen molar-refractivity contribution in [3.63, 3.8) is 0 Å². The number of anilines is 1. The SMILES string of the molecule is COc1cc2c(c(OC)c1OC)-c1ccc(N[C@@H](CCSC)C(=O)N3CCC[C@H]3c3nc4ccccc4n3C)c(=O)cc1[C@@H](NC(C)=O)CC2. The average Bonchev–Trinajstić information content (AvgIpc) is 3.65. The van der Waals surface area contributed by atoms with E-state index in [9.17, 15) is 14.4 Å². The van der Waals surface area contributed by atoms with Gasteiger partial charge < -0.3 is 34.3 Å². The third-order valence-electron chi connectivity index (χ3n) is 9.81. The number of nitrogens with zero attached hydrogens (tertiary/aromatic N) is 3. The van der Waals surface area contributed by atoms with Crippen molar-refractivity contribution in [1.29, 1.82) is 0 Å². The first kappa shape index (κ1) is 35.1. The topological polar surface area (TPSA) is 124 Å². The number of ether oxygens (including phenoxy) is 3. The number of fused-ring (bicyclic) bond motifs is 4. The predicted octanol–water partition coefficient (Wildman–Crippen LogP) is 5.65. The first-order chi connectivity index (χ1) is 24.2. The van der Waals surface area contributed by atoms with Crippen molar-refractivity contribution in [3.8, 4) is 28.4 Å². The van der Waals surface area contributed by atoms with Crippen LogP contribution in [0.5, 0.6) is 17.2 Å². The van der Waals surface area contributed by atoms with Crippen molar-refractivity contribution in [1.82, 2.24) is 19.8 Å². The molecule has 3 atom stereocenters. The fraction of sp³-hybridized carbons (Fsp3) is 0.421. The summed E-state index contributed by atoms with van der Waals surface area (Å²) in [6.07, 6.45) is 5.38. The molecule has 264 valence electrons. The number of carbonyl (C=O) groups is 2. The van der Waals surface area contributed by atoms with E-state index in [0.717, 1.165) is 52.1 Å². The van der Waals surface area contributed by atoms with E-state index in [1.54, 1.807) is 45.2 Å². The largest absolute Gasteiger partial charge is 0.493 e. The third kappa shape index (κ3) is 6.60. The Morgan fingerprint density at radius 1 is 1.04 bits per heavy atom. The van der Waals surface area contributed by atoms with Gasteiger partial charge in [-0.3, -0.25) is 14.4 Å². The molecule has 11 nitrogen and oxygen atoms in total. The van der Waals surface area contributed by atoms with E-state index in [1.165, 1.54) is 6.92 Å². The maximum atomic E-state index is 14.4. The average molecular weight is 700 g/mol. The molecule has 12 heteroatoms. The molecule has 2 N–H and O–H groups in total. The van der Waals surface area contributed by atoms with Gasteiger partial charge in [0.25, 0.3) is 0 Å². The van der Waals surface area contributed by atoms with Crippen molar-refractivity contribution >= 4 is 40.3 Å². The van der Waals surface area contributed by atoms with Gasteiger partial charge in [-0.05, 0) is 91.1 Å². The zero-order chi connectivity index (χ0) is 35.5. The van der Waals surface area contributed by atoms with Crippen LogP contribution in [0.3, 0.4) is 0 Å². The summed E-state index contributed by atoms with van der Waals surface area (Å²) in [5.41, 5.74) is 5.06. The number of benzene rings is 2. The summed E-state index contributed by atoms with van der Waals surface area (Å²) >= 11 is 1.66. The van der Waals surface area contributed by atoms with Gasteiger partial charge in [0.1, 0.15) is 11.9 Å². The highest BCUT2D eigenvalue weighted by Crippen LogP contribution is 2.50. The first-order valence-electron chi connectivity index (χ1n) is 17.0. The smallest absolute Gasteiger partial charge is 0.245 e. The lowest BCUT2D eigenvalue weighted by Gasteiger charge is -2.29. The zero-order valence-corrected chi connectivity index (χ0v) is 30.3. The van der Waals surface area contributed by atoms with Crippen LogP contribution in [0.1, 0.15) is 61.6 Å². The Kier molecular flexibility index (Phi) is 10.6. The number of rotatable bonds is 11. The van der Waals surface area contributed by atoms with E-state index >= 15 is 0 Å². The maximum Gasteiger partial charge on any atom is 0.245 e. The fourth-order valence-electron chi connectivity index (χ4n) is 7.47. The molecule has 1 aliphatic heterocycles. The first-order valence-corrected chi connectivity index (χ1v) is 18.3. The van der Waals surface area contributed by atoms with Gasteiger partial charge in [-0.15, -0.1) is 0 Å². The van der Waals surface area contributed by atoms with Gasteiger partial charge in [-0.2, -0.15) is 11.8 Å². The van der Waals surface area contributed by atoms with Crippen LogP contribution in [0.15, 0.2) is 53.3 Å². The second kappa shape index (κ2) is 15.0. The molecule has 50 heavy (non-hydrogen) atoms. The van der Waals surface area contributed by atoms with Crippen LogP contribution in [-0.4, -0.2) is 72.2 Å². The number of likely N-dealkylation sites (tertiary alicyclic amines) is 1. The van der Waals surface area contributed by atoms with Gasteiger partial charge in [-0.1, -0.05) is 18.2 Å². The highest BCUT2D eigenvalue weighted by Gasteiger charge is 2.37. The number of nitrogens with one attached hydrogen (secondary N) is 2. The zero-order valence-electron chi connectivity index (χ0n) is 29.5. The number of imidazole rings is 1.